The highest BCUT2D eigenvalue weighted by atomic mass is 32.2. The Morgan fingerprint density at radius 2 is 1.96 bits per heavy atom. The average molecular weight is 368 g/mol. The van der Waals surface area contributed by atoms with E-state index in [1.54, 1.807) is 29.2 Å². The second-order valence-corrected chi connectivity index (χ2v) is 9.37. The lowest BCUT2D eigenvalue weighted by molar-refractivity contribution is 0.583. The zero-order valence-electron chi connectivity index (χ0n) is 13.0. The minimum absolute atomic E-state index is 0.404. The fourth-order valence-electron chi connectivity index (χ4n) is 2.77. The second kappa shape index (κ2) is 7.83. The number of sulfonamides is 1. The van der Waals surface area contributed by atoms with Gasteiger partial charge in [-0.15, -0.1) is 0 Å². The number of thioether (sulfide) groups is 1. The van der Waals surface area contributed by atoms with Gasteiger partial charge in [0.2, 0.25) is 10.0 Å². The quantitative estimate of drug-likeness (QED) is 0.756. The van der Waals surface area contributed by atoms with E-state index in [0.717, 1.165) is 30.8 Å². The molecule has 0 fully saturated rings. The minimum Gasteiger partial charge on any atom is -0.210 e. The molecule has 0 saturated carbocycles. The van der Waals surface area contributed by atoms with Gasteiger partial charge in [-0.25, -0.2) is 13.1 Å². The van der Waals surface area contributed by atoms with Crippen LogP contribution in [0.5, 0.6) is 0 Å². The second-order valence-electron chi connectivity index (χ2n) is 5.72. The van der Waals surface area contributed by atoms with Gasteiger partial charge in [-0.05, 0) is 71.3 Å². The van der Waals surface area contributed by atoms with Gasteiger partial charge in [0.15, 0.2) is 0 Å². The SMILES string of the molecule is O=S(=O)(NCCSCc1ccsc1)c1ccc2c(c1)CCCC2. The predicted molar refractivity (Wildman–Crippen MR) is 98.8 cm³/mol. The van der Waals surface area contributed by atoms with E-state index < -0.39 is 10.0 Å². The zero-order chi connectivity index (χ0) is 16.1. The molecule has 0 unspecified atom stereocenters. The number of aryl methyl sites for hydroxylation is 2. The summed E-state index contributed by atoms with van der Waals surface area (Å²) in [4.78, 5) is 0.404. The average Bonchev–Trinajstić information content (AvgIpc) is 3.07. The fraction of sp³-hybridized carbons (Fsp3) is 0.412. The fourth-order valence-corrected chi connectivity index (χ4v) is 5.56. The van der Waals surface area contributed by atoms with E-state index in [0.29, 0.717) is 11.4 Å². The molecule has 0 spiro atoms. The number of rotatable bonds is 7. The monoisotopic (exact) mass is 367 g/mol. The van der Waals surface area contributed by atoms with Crippen LogP contribution in [0.3, 0.4) is 0 Å². The maximum absolute atomic E-state index is 12.4. The van der Waals surface area contributed by atoms with Crippen molar-refractivity contribution < 1.29 is 8.42 Å². The Labute approximate surface area is 146 Å². The third-order valence-corrected chi connectivity index (χ3v) is 7.24. The maximum atomic E-state index is 12.4. The summed E-state index contributed by atoms with van der Waals surface area (Å²) in [5.74, 6) is 1.71. The van der Waals surface area contributed by atoms with Crippen molar-refractivity contribution in [1.29, 1.82) is 0 Å². The molecule has 0 aliphatic heterocycles. The first-order valence-corrected chi connectivity index (χ1v) is 11.4. The molecule has 3 nitrogen and oxygen atoms in total. The maximum Gasteiger partial charge on any atom is 0.240 e. The van der Waals surface area contributed by atoms with Gasteiger partial charge in [-0.2, -0.15) is 23.1 Å². The molecule has 0 atom stereocenters. The van der Waals surface area contributed by atoms with Crippen molar-refractivity contribution in [3.05, 3.63) is 51.7 Å². The van der Waals surface area contributed by atoms with E-state index in [9.17, 15) is 8.42 Å². The molecule has 6 heteroatoms. The lowest BCUT2D eigenvalue weighted by Gasteiger charge is -2.16. The van der Waals surface area contributed by atoms with E-state index in [4.69, 9.17) is 0 Å². The van der Waals surface area contributed by atoms with Crippen molar-refractivity contribution >= 4 is 33.1 Å². The van der Waals surface area contributed by atoms with E-state index in [1.807, 2.05) is 12.1 Å². The number of nitrogens with one attached hydrogen (secondary N) is 1. The molecule has 1 aromatic carbocycles. The summed E-state index contributed by atoms with van der Waals surface area (Å²) in [6.07, 6.45) is 4.43. The van der Waals surface area contributed by atoms with Crippen LogP contribution >= 0.6 is 23.1 Å². The zero-order valence-corrected chi connectivity index (χ0v) is 15.4. The van der Waals surface area contributed by atoms with E-state index >= 15 is 0 Å². The number of hydrogen-bond acceptors (Lipinski definition) is 4. The molecule has 0 bridgehead atoms. The van der Waals surface area contributed by atoms with Crippen LogP contribution in [-0.2, 0) is 28.6 Å². The van der Waals surface area contributed by atoms with Gasteiger partial charge in [0.1, 0.15) is 0 Å². The Bertz CT molecular complexity index is 739. The molecule has 2 aromatic rings. The molecule has 1 N–H and O–H groups in total. The minimum atomic E-state index is -3.39. The molecule has 0 saturated heterocycles. The van der Waals surface area contributed by atoms with Crippen LogP contribution in [0, 0.1) is 0 Å². The van der Waals surface area contributed by atoms with Gasteiger partial charge in [0, 0.05) is 18.1 Å². The lowest BCUT2D eigenvalue weighted by atomic mass is 9.92. The Morgan fingerprint density at radius 1 is 1.13 bits per heavy atom. The van der Waals surface area contributed by atoms with Gasteiger partial charge in [0.05, 0.1) is 4.90 Å². The van der Waals surface area contributed by atoms with Gasteiger partial charge in [0.25, 0.3) is 0 Å². The molecule has 1 heterocycles. The molecular weight excluding hydrogens is 346 g/mol. The van der Waals surface area contributed by atoms with Gasteiger partial charge in [-0.3, -0.25) is 0 Å². The molecule has 1 aliphatic rings. The topological polar surface area (TPSA) is 46.2 Å². The highest BCUT2D eigenvalue weighted by molar-refractivity contribution is 7.98. The molecule has 1 aliphatic carbocycles. The summed E-state index contributed by atoms with van der Waals surface area (Å²) in [5.41, 5.74) is 3.81. The summed E-state index contributed by atoms with van der Waals surface area (Å²) >= 11 is 3.44. The number of benzene rings is 1. The lowest BCUT2D eigenvalue weighted by Crippen LogP contribution is -2.26. The van der Waals surface area contributed by atoms with Gasteiger partial charge >= 0.3 is 0 Å². The first-order chi connectivity index (χ1) is 11.1. The van der Waals surface area contributed by atoms with E-state index in [-0.39, 0.29) is 0 Å². The van der Waals surface area contributed by atoms with Crippen molar-refractivity contribution in [2.75, 3.05) is 12.3 Å². The standard InChI is InChI=1S/C17H21NO2S3/c19-23(20,18-8-10-22-13-14-7-9-21-12-14)17-6-5-15-3-1-2-4-16(15)11-17/h5-7,9,11-12,18H,1-4,8,10,13H2. The van der Waals surface area contributed by atoms with Crippen LogP contribution in [0.2, 0.25) is 0 Å². The molecular formula is C17H21NO2S3. The smallest absolute Gasteiger partial charge is 0.210 e. The van der Waals surface area contributed by atoms with E-state index in [2.05, 4.69) is 21.5 Å². The van der Waals surface area contributed by atoms with Crippen molar-refractivity contribution in [3.63, 3.8) is 0 Å². The van der Waals surface area contributed by atoms with Crippen LogP contribution in [0.1, 0.15) is 29.5 Å². The summed E-state index contributed by atoms with van der Waals surface area (Å²) in [5, 5.41) is 4.19. The Balaban J connectivity index is 1.52. The molecule has 1 aromatic heterocycles. The third-order valence-electron chi connectivity index (χ3n) is 4.02. The van der Waals surface area contributed by atoms with Crippen molar-refractivity contribution in [2.24, 2.45) is 0 Å². The Morgan fingerprint density at radius 3 is 2.74 bits per heavy atom. The normalized spacial score (nSPS) is 14.6. The predicted octanol–water partition coefficient (Wildman–Crippen LogP) is 3.84. The largest absolute Gasteiger partial charge is 0.240 e. The van der Waals surface area contributed by atoms with Crippen molar-refractivity contribution in [2.45, 2.75) is 36.3 Å². The first-order valence-electron chi connectivity index (χ1n) is 7.85. The number of hydrogen-bond donors (Lipinski definition) is 1. The van der Waals surface area contributed by atoms with Crippen LogP contribution in [0.15, 0.2) is 39.9 Å². The van der Waals surface area contributed by atoms with Crippen molar-refractivity contribution in [3.8, 4) is 0 Å². The summed E-state index contributed by atoms with van der Waals surface area (Å²) in [6.45, 7) is 0.466. The summed E-state index contributed by atoms with van der Waals surface area (Å²) in [7, 11) is -3.39. The van der Waals surface area contributed by atoms with E-state index in [1.165, 1.54) is 23.1 Å². The molecule has 0 radical (unpaired) electrons. The van der Waals surface area contributed by atoms with Gasteiger partial charge in [-0.1, -0.05) is 6.07 Å². The Hall–Kier alpha value is -0.820. The summed E-state index contributed by atoms with van der Waals surface area (Å²) < 4.78 is 27.5. The highest BCUT2D eigenvalue weighted by Gasteiger charge is 2.17. The number of thiophene rings is 1. The van der Waals surface area contributed by atoms with Crippen LogP contribution in [0.4, 0.5) is 0 Å². The van der Waals surface area contributed by atoms with Crippen LogP contribution in [0.25, 0.3) is 0 Å². The molecule has 0 amide bonds. The van der Waals surface area contributed by atoms with Crippen LogP contribution < -0.4 is 4.72 Å². The summed E-state index contributed by atoms with van der Waals surface area (Å²) in [6, 6.07) is 7.68. The highest BCUT2D eigenvalue weighted by Crippen LogP contribution is 2.24. The third kappa shape index (κ3) is 4.59. The van der Waals surface area contributed by atoms with Gasteiger partial charge < -0.3 is 0 Å². The number of fused-ring (bicyclic) bond motifs is 1. The first kappa shape index (κ1) is 17.0. The van der Waals surface area contributed by atoms with Crippen molar-refractivity contribution in [1.82, 2.24) is 4.72 Å². The molecule has 3 rings (SSSR count). The Kier molecular flexibility index (Phi) is 5.80. The molecule has 124 valence electrons. The molecule has 23 heavy (non-hydrogen) atoms. The van der Waals surface area contributed by atoms with Crippen LogP contribution in [-0.4, -0.2) is 20.7 Å².